The van der Waals surface area contributed by atoms with Gasteiger partial charge in [-0.05, 0) is 66.9 Å². The first kappa shape index (κ1) is 27.9. The molecule has 4 aromatic rings. The molecule has 9 nitrogen and oxygen atoms in total. The number of benzene rings is 3. The van der Waals surface area contributed by atoms with Crippen molar-refractivity contribution < 1.29 is 23.1 Å². The molecule has 0 spiro atoms. The monoisotopic (exact) mass is 560 g/mol. The van der Waals surface area contributed by atoms with E-state index in [0.29, 0.717) is 23.6 Å². The Labute approximate surface area is 236 Å². The number of amides is 2. The largest absolute Gasteiger partial charge is 0.492 e. The smallest absolute Gasteiger partial charge is 0.251 e. The lowest BCUT2D eigenvalue weighted by Gasteiger charge is -2.33. The molecule has 5 rings (SSSR count). The first-order valence-electron chi connectivity index (χ1n) is 13.6. The van der Waals surface area contributed by atoms with Crippen LogP contribution in [0.4, 0.5) is 14.5 Å². The highest BCUT2D eigenvalue weighted by atomic mass is 19.1. The van der Waals surface area contributed by atoms with Crippen molar-refractivity contribution in [3.63, 3.8) is 0 Å². The molecule has 3 aromatic carbocycles. The molecule has 1 aliphatic carbocycles. The van der Waals surface area contributed by atoms with Crippen molar-refractivity contribution in [2.75, 3.05) is 11.5 Å². The molecule has 1 N–H and O–H groups in total. The van der Waals surface area contributed by atoms with Crippen LogP contribution in [-0.4, -0.2) is 44.7 Å². The second-order valence-corrected chi connectivity index (χ2v) is 9.73. The number of nitrogens with one attached hydrogen (secondary N) is 1. The number of nitrogens with zero attached hydrogens (tertiary/aromatic N) is 5. The predicted octanol–water partition coefficient (Wildman–Crippen LogP) is 4.85. The van der Waals surface area contributed by atoms with Crippen LogP contribution in [-0.2, 0) is 16.1 Å². The molecule has 1 heterocycles. The first-order valence-corrected chi connectivity index (χ1v) is 13.6. The van der Waals surface area contributed by atoms with Gasteiger partial charge in [0.25, 0.3) is 5.91 Å². The quantitative estimate of drug-likeness (QED) is 0.298. The van der Waals surface area contributed by atoms with E-state index in [-0.39, 0.29) is 17.4 Å². The van der Waals surface area contributed by atoms with Gasteiger partial charge in [0.15, 0.2) is 0 Å². The van der Waals surface area contributed by atoms with Gasteiger partial charge in [-0.1, -0.05) is 49.2 Å². The molecule has 1 saturated carbocycles. The van der Waals surface area contributed by atoms with E-state index in [0.717, 1.165) is 30.5 Å². The Kier molecular flexibility index (Phi) is 8.61. The predicted molar refractivity (Wildman–Crippen MR) is 148 cm³/mol. The van der Waals surface area contributed by atoms with E-state index in [1.54, 1.807) is 36.4 Å². The number of anilines is 1. The lowest BCUT2D eigenvalue weighted by atomic mass is 10.0. The summed E-state index contributed by atoms with van der Waals surface area (Å²) in [6.07, 6.45) is 3.69. The number of carbonyl (C=O) groups excluding carboxylic acids is 2. The van der Waals surface area contributed by atoms with E-state index in [1.165, 1.54) is 41.3 Å². The summed E-state index contributed by atoms with van der Waals surface area (Å²) in [6, 6.07) is 17.2. The molecule has 0 radical (unpaired) electrons. The van der Waals surface area contributed by atoms with Gasteiger partial charge in [0.05, 0.1) is 17.9 Å². The SMILES string of the molecule is CCOc1ccccc1N(C(=O)Cn1nnc(-c2ccccc2F)n1)[C@H](C(=O)NC1CCCC1)c1ccc(F)cc1. The average molecular weight is 561 g/mol. The zero-order valence-electron chi connectivity index (χ0n) is 22.5. The van der Waals surface area contributed by atoms with Crippen LogP contribution in [0.25, 0.3) is 11.4 Å². The molecular weight excluding hydrogens is 530 g/mol. The number of halogens is 2. The fourth-order valence-corrected chi connectivity index (χ4v) is 5.02. The second-order valence-electron chi connectivity index (χ2n) is 9.73. The van der Waals surface area contributed by atoms with Crippen molar-refractivity contribution in [1.29, 1.82) is 0 Å². The Bertz CT molecular complexity index is 1500. The highest BCUT2D eigenvalue weighted by Crippen LogP contribution is 2.36. The van der Waals surface area contributed by atoms with Crippen LogP contribution in [0.2, 0.25) is 0 Å². The molecule has 212 valence electrons. The summed E-state index contributed by atoms with van der Waals surface area (Å²) in [5.74, 6) is -1.53. The van der Waals surface area contributed by atoms with Gasteiger partial charge in [-0.15, -0.1) is 10.2 Å². The fourth-order valence-electron chi connectivity index (χ4n) is 5.02. The third-order valence-electron chi connectivity index (χ3n) is 6.93. The Morgan fingerprint density at radius 1 is 1.02 bits per heavy atom. The maximum absolute atomic E-state index is 14.3. The van der Waals surface area contributed by atoms with Crippen LogP contribution in [0.15, 0.2) is 72.8 Å². The van der Waals surface area contributed by atoms with Gasteiger partial charge in [0.2, 0.25) is 11.7 Å². The molecule has 1 atom stereocenters. The maximum atomic E-state index is 14.3. The molecule has 0 aliphatic heterocycles. The number of hydrogen-bond donors (Lipinski definition) is 1. The van der Waals surface area contributed by atoms with Gasteiger partial charge in [-0.2, -0.15) is 4.80 Å². The molecule has 0 unspecified atom stereocenters. The molecule has 2 amide bonds. The van der Waals surface area contributed by atoms with E-state index in [1.807, 2.05) is 6.92 Å². The van der Waals surface area contributed by atoms with Gasteiger partial charge in [0.1, 0.15) is 30.0 Å². The zero-order chi connectivity index (χ0) is 28.8. The molecule has 1 aromatic heterocycles. The Balaban J connectivity index is 1.55. The van der Waals surface area contributed by atoms with Crippen molar-refractivity contribution in [2.24, 2.45) is 0 Å². The van der Waals surface area contributed by atoms with E-state index >= 15 is 0 Å². The lowest BCUT2D eigenvalue weighted by molar-refractivity contribution is -0.127. The van der Waals surface area contributed by atoms with Crippen LogP contribution in [0.3, 0.4) is 0 Å². The van der Waals surface area contributed by atoms with Crippen LogP contribution >= 0.6 is 0 Å². The van der Waals surface area contributed by atoms with Gasteiger partial charge in [-0.3, -0.25) is 14.5 Å². The number of carbonyl (C=O) groups is 2. The van der Waals surface area contributed by atoms with Crippen LogP contribution in [0.1, 0.15) is 44.2 Å². The molecule has 0 saturated heterocycles. The average Bonchev–Trinajstić information content (AvgIpc) is 3.65. The van der Waals surface area contributed by atoms with Crippen molar-refractivity contribution in [2.45, 2.75) is 51.2 Å². The number of para-hydroxylation sites is 2. The third kappa shape index (κ3) is 6.40. The lowest BCUT2D eigenvalue weighted by Crippen LogP contribution is -2.47. The second kappa shape index (κ2) is 12.7. The fraction of sp³-hybridized carbons (Fsp3) is 0.300. The molecule has 11 heteroatoms. The Hall–Kier alpha value is -4.67. The third-order valence-corrected chi connectivity index (χ3v) is 6.93. The van der Waals surface area contributed by atoms with Crippen molar-refractivity contribution in [1.82, 2.24) is 25.5 Å². The summed E-state index contributed by atoms with van der Waals surface area (Å²) in [6.45, 7) is 1.73. The minimum Gasteiger partial charge on any atom is -0.492 e. The van der Waals surface area contributed by atoms with Crippen LogP contribution < -0.4 is 15.0 Å². The first-order chi connectivity index (χ1) is 19.9. The van der Waals surface area contributed by atoms with E-state index < -0.39 is 36.0 Å². The number of tetrazole rings is 1. The summed E-state index contributed by atoms with van der Waals surface area (Å²) in [4.78, 5) is 30.4. The molecule has 1 fully saturated rings. The van der Waals surface area contributed by atoms with Gasteiger partial charge < -0.3 is 10.1 Å². The molecule has 41 heavy (non-hydrogen) atoms. The maximum Gasteiger partial charge on any atom is 0.251 e. The van der Waals surface area contributed by atoms with Crippen molar-refractivity contribution in [3.05, 3.63) is 90.0 Å². The molecular formula is C30H30F2N6O3. The van der Waals surface area contributed by atoms with Gasteiger partial charge >= 0.3 is 0 Å². The summed E-state index contributed by atoms with van der Waals surface area (Å²) in [5, 5.41) is 15.2. The standard InChI is InChI=1S/C30H30F2N6O3/c1-2-41-26-14-8-7-13-25(26)38(27(39)19-37-35-29(34-36-37)23-11-5-6-12-24(23)32)28(20-15-17-21(31)18-16-20)30(40)33-22-9-3-4-10-22/h5-8,11-18,22,28H,2-4,9-10,19H2,1H3,(H,33,40)/t28-/m0/s1. The topological polar surface area (TPSA) is 102 Å². The normalized spacial score (nSPS) is 14.0. The highest BCUT2D eigenvalue weighted by molar-refractivity contribution is 6.02. The summed E-state index contributed by atoms with van der Waals surface area (Å²) >= 11 is 0. The number of aromatic nitrogens is 4. The van der Waals surface area contributed by atoms with E-state index in [2.05, 4.69) is 20.7 Å². The van der Waals surface area contributed by atoms with Gasteiger partial charge in [0, 0.05) is 6.04 Å². The van der Waals surface area contributed by atoms with Crippen molar-refractivity contribution in [3.8, 4) is 17.1 Å². The highest BCUT2D eigenvalue weighted by Gasteiger charge is 2.36. The minimum atomic E-state index is -1.15. The van der Waals surface area contributed by atoms with Crippen LogP contribution in [0, 0.1) is 11.6 Å². The number of hydrogen-bond acceptors (Lipinski definition) is 6. The number of rotatable bonds is 10. The molecule has 0 bridgehead atoms. The summed E-state index contributed by atoms with van der Waals surface area (Å²) < 4.78 is 34.1. The minimum absolute atomic E-state index is 0.0197. The van der Waals surface area contributed by atoms with E-state index in [4.69, 9.17) is 4.74 Å². The Morgan fingerprint density at radius 2 is 1.73 bits per heavy atom. The summed E-state index contributed by atoms with van der Waals surface area (Å²) in [5.41, 5.74) is 0.912. The molecule has 1 aliphatic rings. The number of ether oxygens (including phenoxy) is 1. The van der Waals surface area contributed by atoms with E-state index in [9.17, 15) is 18.4 Å². The Morgan fingerprint density at radius 3 is 2.46 bits per heavy atom. The van der Waals surface area contributed by atoms with Crippen LogP contribution in [0.5, 0.6) is 5.75 Å². The summed E-state index contributed by atoms with van der Waals surface area (Å²) in [7, 11) is 0. The van der Waals surface area contributed by atoms with Crippen molar-refractivity contribution >= 4 is 17.5 Å². The van der Waals surface area contributed by atoms with Gasteiger partial charge in [-0.25, -0.2) is 8.78 Å². The zero-order valence-corrected chi connectivity index (χ0v) is 22.5.